The first-order valence-corrected chi connectivity index (χ1v) is 7.31. The van der Waals surface area contributed by atoms with Crippen LogP contribution in [0.5, 0.6) is 0 Å². The summed E-state index contributed by atoms with van der Waals surface area (Å²) < 4.78 is 26.6. The van der Waals surface area contributed by atoms with Gasteiger partial charge in [0.15, 0.2) is 0 Å². The Kier molecular flexibility index (Phi) is 3.45. The van der Waals surface area contributed by atoms with Crippen molar-refractivity contribution in [3.8, 4) is 0 Å². The Morgan fingerprint density at radius 1 is 1.50 bits per heavy atom. The number of carboxylic acids is 1. The summed E-state index contributed by atoms with van der Waals surface area (Å²) >= 11 is 0. The van der Waals surface area contributed by atoms with Gasteiger partial charge in [-0.15, -0.1) is 0 Å². The number of H-pyrrole nitrogens is 1. The van der Waals surface area contributed by atoms with Crippen molar-refractivity contribution >= 4 is 16.0 Å². The van der Waals surface area contributed by atoms with Gasteiger partial charge in [0.05, 0.1) is 0 Å². The third kappa shape index (κ3) is 2.73. The maximum Gasteiger partial charge on any atom is 0.352 e. The van der Waals surface area contributed by atoms with Crippen molar-refractivity contribution in [1.29, 1.82) is 0 Å². The molecule has 0 amide bonds. The molecule has 1 heterocycles. The first-order valence-electron chi connectivity index (χ1n) is 5.82. The van der Waals surface area contributed by atoms with E-state index in [0.29, 0.717) is 5.92 Å². The molecule has 1 aromatic rings. The SMILES string of the molecule is CC1CCC(NS(=O)(=O)c2c[nH]c(C(=O)O)c2)C1. The lowest BCUT2D eigenvalue weighted by molar-refractivity contribution is 0.0691. The van der Waals surface area contributed by atoms with Crippen LogP contribution in [0.15, 0.2) is 17.2 Å². The fourth-order valence-corrected chi connectivity index (χ4v) is 3.53. The average molecular weight is 272 g/mol. The zero-order valence-electron chi connectivity index (χ0n) is 10.0. The van der Waals surface area contributed by atoms with Crippen LogP contribution in [0.25, 0.3) is 0 Å². The van der Waals surface area contributed by atoms with Crippen molar-refractivity contribution in [3.05, 3.63) is 18.0 Å². The monoisotopic (exact) mass is 272 g/mol. The van der Waals surface area contributed by atoms with Crippen molar-refractivity contribution in [3.63, 3.8) is 0 Å². The predicted octanol–water partition coefficient (Wildman–Crippen LogP) is 1.18. The molecule has 7 heteroatoms. The van der Waals surface area contributed by atoms with Crippen molar-refractivity contribution in [2.24, 2.45) is 5.92 Å². The van der Waals surface area contributed by atoms with Crippen LogP contribution in [-0.4, -0.2) is 30.5 Å². The first kappa shape index (κ1) is 13.1. The van der Waals surface area contributed by atoms with E-state index in [2.05, 4.69) is 16.6 Å². The molecule has 0 spiro atoms. The van der Waals surface area contributed by atoms with E-state index in [1.54, 1.807) is 0 Å². The summed E-state index contributed by atoms with van der Waals surface area (Å²) in [5, 5.41) is 8.74. The van der Waals surface area contributed by atoms with Crippen molar-refractivity contribution in [2.45, 2.75) is 37.1 Å². The maximum absolute atomic E-state index is 12.0. The minimum Gasteiger partial charge on any atom is -0.477 e. The second kappa shape index (κ2) is 4.74. The second-order valence-electron chi connectivity index (χ2n) is 4.79. The van der Waals surface area contributed by atoms with Gasteiger partial charge in [-0.25, -0.2) is 17.9 Å². The normalized spacial score (nSPS) is 24.3. The zero-order chi connectivity index (χ0) is 13.3. The molecule has 1 aromatic heterocycles. The number of hydrogen-bond acceptors (Lipinski definition) is 3. The Labute approximate surface area is 105 Å². The highest BCUT2D eigenvalue weighted by Gasteiger charge is 2.27. The van der Waals surface area contributed by atoms with Gasteiger partial charge in [0.2, 0.25) is 10.0 Å². The van der Waals surface area contributed by atoms with Crippen molar-refractivity contribution in [2.75, 3.05) is 0 Å². The molecular formula is C11H16N2O4S. The summed E-state index contributed by atoms with van der Waals surface area (Å²) in [6.07, 6.45) is 3.87. The summed E-state index contributed by atoms with van der Waals surface area (Å²) in [4.78, 5) is 13.1. The minimum absolute atomic E-state index is 0.0283. The van der Waals surface area contributed by atoms with Gasteiger partial charge in [0, 0.05) is 12.2 Å². The molecule has 2 unspecified atom stereocenters. The highest BCUT2D eigenvalue weighted by atomic mass is 32.2. The summed E-state index contributed by atoms with van der Waals surface area (Å²) in [6.45, 7) is 2.09. The standard InChI is InChI=1S/C11H16N2O4S/c1-7-2-3-8(4-7)13-18(16,17)9-5-10(11(14)15)12-6-9/h5-8,12-13H,2-4H2,1H3,(H,14,15). The Balaban J connectivity index is 2.12. The Morgan fingerprint density at radius 2 is 2.22 bits per heavy atom. The minimum atomic E-state index is -3.62. The summed E-state index contributed by atoms with van der Waals surface area (Å²) in [5.41, 5.74) is -0.129. The summed E-state index contributed by atoms with van der Waals surface area (Å²) in [5.74, 6) is -0.649. The van der Waals surface area contributed by atoms with E-state index in [1.807, 2.05) is 0 Å². The molecule has 100 valence electrons. The molecule has 1 aliphatic carbocycles. The summed E-state index contributed by atoms with van der Waals surface area (Å²) in [7, 11) is -3.62. The van der Waals surface area contributed by atoms with Crippen LogP contribution >= 0.6 is 0 Å². The number of aromatic nitrogens is 1. The van der Waals surface area contributed by atoms with E-state index in [1.165, 1.54) is 6.20 Å². The van der Waals surface area contributed by atoms with E-state index in [9.17, 15) is 13.2 Å². The van der Waals surface area contributed by atoms with Crippen LogP contribution in [0.2, 0.25) is 0 Å². The van der Waals surface area contributed by atoms with E-state index in [-0.39, 0.29) is 16.6 Å². The van der Waals surface area contributed by atoms with Crippen molar-refractivity contribution < 1.29 is 18.3 Å². The fraction of sp³-hybridized carbons (Fsp3) is 0.545. The largest absolute Gasteiger partial charge is 0.477 e. The number of carbonyl (C=O) groups is 1. The van der Waals surface area contributed by atoms with E-state index >= 15 is 0 Å². The van der Waals surface area contributed by atoms with E-state index in [4.69, 9.17) is 5.11 Å². The fourth-order valence-electron chi connectivity index (χ4n) is 2.25. The van der Waals surface area contributed by atoms with Gasteiger partial charge in [-0.05, 0) is 31.2 Å². The quantitative estimate of drug-likeness (QED) is 0.766. The molecule has 0 radical (unpaired) electrons. The molecule has 6 nitrogen and oxygen atoms in total. The molecule has 2 rings (SSSR count). The third-order valence-corrected chi connectivity index (χ3v) is 4.71. The molecule has 0 bridgehead atoms. The van der Waals surface area contributed by atoms with Crippen LogP contribution in [0.3, 0.4) is 0 Å². The van der Waals surface area contributed by atoms with Crippen LogP contribution in [-0.2, 0) is 10.0 Å². The molecule has 3 N–H and O–H groups in total. The summed E-state index contributed by atoms with van der Waals surface area (Å²) in [6, 6.07) is 1.08. The van der Waals surface area contributed by atoms with Crippen LogP contribution in [0.4, 0.5) is 0 Å². The maximum atomic E-state index is 12.0. The van der Waals surface area contributed by atoms with Crippen LogP contribution < -0.4 is 4.72 Å². The lowest BCUT2D eigenvalue weighted by atomic mass is 10.1. The van der Waals surface area contributed by atoms with Gasteiger partial charge in [0.1, 0.15) is 10.6 Å². The number of aromatic carboxylic acids is 1. The topological polar surface area (TPSA) is 99.3 Å². The Morgan fingerprint density at radius 3 is 2.72 bits per heavy atom. The van der Waals surface area contributed by atoms with Gasteiger partial charge in [-0.1, -0.05) is 6.92 Å². The predicted molar refractivity (Wildman–Crippen MR) is 64.9 cm³/mol. The second-order valence-corrected chi connectivity index (χ2v) is 6.50. The Bertz CT molecular complexity index is 549. The van der Waals surface area contributed by atoms with Crippen LogP contribution in [0.1, 0.15) is 36.7 Å². The first-order chi connectivity index (χ1) is 8.38. The molecular weight excluding hydrogens is 256 g/mol. The lowest BCUT2D eigenvalue weighted by Gasteiger charge is -2.11. The van der Waals surface area contributed by atoms with Gasteiger partial charge in [-0.2, -0.15) is 0 Å². The highest BCUT2D eigenvalue weighted by molar-refractivity contribution is 7.89. The number of rotatable bonds is 4. The number of carboxylic acid groups (broad SMARTS) is 1. The number of aromatic amines is 1. The number of sulfonamides is 1. The van der Waals surface area contributed by atoms with E-state index in [0.717, 1.165) is 25.3 Å². The zero-order valence-corrected chi connectivity index (χ0v) is 10.8. The van der Waals surface area contributed by atoms with Gasteiger partial charge in [0.25, 0.3) is 0 Å². The lowest BCUT2D eigenvalue weighted by Crippen LogP contribution is -2.32. The molecule has 1 aliphatic rings. The molecule has 1 fully saturated rings. The average Bonchev–Trinajstić information content (AvgIpc) is 2.86. The van der Waals surface area contributed by atoms with Crippen LogP contribution in [0, 0.1) is 5.92 Å². The van der Waals surface area contributed by atoms with E-state index < -0.39 is 16.0 Å². The van der Waals surface area contributed by atoms with Gasteiger partial charge >= 0.3 is 5.97 Å². The van der Waals surface area contributed by atoms with Gasteiger partial charge in [-0.3, -0.25) is 0 Å². The molecule has 0 aromatic carbocycles. The molecule has 0 saturated heterocycles. The highest BCUT2D eigenvalue weighted by Crippen LogP contribution is 2.26. The smallest absolute Gasteiger partial charge is 0.352 e. The molecule has 18 heavy (non-hydrogen) atoms. The number of nitrogens with one attached hydrogen (secondary N) is 2. The molecule has 0 aliphatic heterocycles. The third-order valence-electron chi connectivity index (χ3n) is 3.21. The molecule has 2 atom stereocenters. The van der Waals surface area contributed by atoms with Crippen molar-refractivity contribution in [1.82, 2.24) is 9.71 Å². The van der Waals surface area contributed by atoms with Gasteiger partial charge < -0.3 is 10.1 Å². The number of hydrogen-bond donors (Lipinski definition) is 3. The molecule has 1 saturated carbocycles. The Hall–Kier alpha value is -1.34.